The molecule has 0 bridgehead atoms. The van der Waals surface area contributed by atoms with Gasteiger partial charge in [-0.1, -0.05) is 58.5 Å². The third-order valence-corrected chi connectivity index (χ3v) is 4.91. The van der Waals surface area contributed by atoms with E-state index in [4.69, 9.17) is 0 Å². The highest BCUT2D eigenvalue weighted by Crippen LogP contribution is 2.16. The van der Waals surface area contributed by atoms with Gasteiger partial charge in [0.2, 0.25) is 10.0 Å². The van der Waals surface area contributed by atoms with Gasteiger partial charge in [-0.15, -0.1) is 6.58 Å². The number of rotatable bonds is 7. The van der Waals surface area contributed by atoms with E-state index >= 15 is 0 Å². The molecule has 0 aliphatic rings. The Morgan fingerprint density at radius 1 is 1.21 bits per heavy atom. The molecule has 0 saturated heterocycles. The van der Waals surface area contributed by atoms with Crippen LogP contribution in [-0.4, -0.2) is 30.2 Å². The molecule has 0 amide bonds. The fourth-order valence-corrected chi connectivity index (χ4v) is 3.25. The molecule has 19 heavy (non-hydrogen) atoms. The first-order chi connectivity index (χ1) is 9.02. The standard InChI is InChI=1S/C14H18INO2S/c1-3-11-16(12-5-4-10-15)19(17,18)14-8-6-13(2)7-9-14/h3-9H,1,10-12H2,2H3/b5-4+. The average Bonchev–Trinajstić information content (AvgIpc) is 2.38. The number of sulfonamides is 1. The van der Waals surface area contributed by atoms with Crippen molar-refractivity contribution in [3.05, 3.63) is 54.6 Å². The van der Waals surface area contributed by atoms with Crippen LogP contribution in [0.2, 0.25) is 0 Å². The van der Waals surface area contributed by atoms with Crippen molar-refractivity contribution in [2.75, 3.05) is 17.5 Å². The molecule has 0 N–H and O–H groups in total. The van der Waals surface area contributed by atoms with E-state index in [1.54, 1.807) is 30.3 Å². The predicted molar refractivity (Wildman–Crippen MR) is 88.2 cm³/mol. The maximum atomic E-state index is 12.5. The van der Waals surface area contributed by atoms with Crippen molar-refractivity contribution < 1.29 is 8.42 Å². The Balaban J connectivity index is 3.01. The molecule has 0 fully saturated rings. The molecule has 0 aliphatic carbocycles. The summed E-state index contributed by atoms with van der Waals surface area (Å²) in [5.74, 6) is 0. The van der Waals surface area contributed by atoms with Gasteiger partial charge in [-0.2, -0.15) is 4.31 Å². The van der Waals surface area contributed by atoms with Gasteiger partial charge in [0.25, 0.3) is 0 Å². The van der Waals surface area contributed by atoms with E-state index in [0.29, 0.717) is 18.0 Å². The van der Waals surface area contributed by atoms with E-state index in [9.17, 15) is 8.42 Å². The molecule has 0 aliphatic heterocycles. The molecule has 5 heteroatoms. The van der Waals surface area contributed by atoms with Gasteiger partial charge < -0.3 is 0 Å². The fourth-order valence-electron chi connectivity index (χ4n) is 1.53. The van der Waals surface area contributed by atoms with E-state index in [1.165, 1.54) is 4.31 Å². The number of allylic oxidation sites excluding steroid dienone is 1. The Bertz CT molecular complexity index is 535. The molecule has 0 radical (unpaired) electrons. The zero-order chi connectivity index (χ0) is 14.3. The highest BCUT2D eigenvalue weighted by Gasteiger charge is 2.21. The molecule has 3 nitrogen and oxygen atoms in total. The molecule has 0 unspecified atom stereocenters. The molecule has 0 heterocycles. The molecular formula is C14H18INO2S. The highest BCUT2D eigenvalue weighted by molar-refractivity contribution is 14.1. The maximum Gasteiger partial charge on any atom is 0.243 e. The Morgan fingerprint density at radius 2 is 1.84 bits per heavy atom. The van der Waals surface area contributed by atoms with Crippen molar-refractivity contribution in [3.8, 4) is 0 Å². The van der Waals surface area contributed by atoms with Crippen LogP contribution < -0.4 is 0 Å². The van der Waals surface area contributed by atoms with Crippen LogP contribution in [0, 0.1) is 6.92 Å². The van der Waals surface area contributed by atoms with Crippen molar-refractivity contribution >= 4 is 32.6 Å². The normalized spacial score (nSPS) is 12.2. The van der Waals surface area contributed by atoms with Crippen molar-refractivity contribution in [3.63, 3.8) is 0 Å². The average molecular weight is 391 g/mol. The summed E-state index contributed by atoms with van der Waals surface area (Å²) >= 11 is 2.22. The molecule has 1 aromatic carbocycles. The van der Waals surface area contributed by atoms with Crippen LogP contribution in [-0.2, 0) is 10.0 Å². The Hall–Kier alpha value is -0.660. The van der Waals surface area contributed by atoms with Gasteiger partial charge in [-0.05, 0) is 19.1 Å². The number of hydrogen-bond acceptors (Lipinski definition) is 2. The molecule has 0 saturated carbocycles. The first kappa shape index (κ1) is 16.4. The second kappa shape index (κ2) is 7.81. The highest BCUT2D eigenvalue weighted by atomic mass is 127. The molecule has 0 aromatic heterocycles. The van der Waals surface area contributed by atoms with Crippen LogP contribution in [0.15, 0.2) is 54.0 Å². The summed E-state index contributed by atoms with van der Waals surface area (Å²) in [7, 11) is -3.45. The lowest BCUT2D eigenvalue weighted by molar-refractivity contribution is 0.474. The van der Waals surface area contributed by atoms with E-state index in [0.717, 1.165) is 9.99 Å². The van der Waals surface area contributed by atoms with Crippen LogP contribution in [0.4, 0.5) is 0 Å². The van der Waals surface area contributed by atoms with Crippen molar-refractivity contribution in [1.82, 2.24) is 4.31 Å². The smallest absolute Gasteiger partial charge is 0.207 e. The Morgan fingerprint density at radius 3 is 2.37 bits per heavy atom. The zero-order valence-corrected chi connectivity index (χ0v) is 13.9. The fraction of sp³-hybridized carbons (Fsp3) is 0.286. The first-order valence-corrected chi connectivity index (χ1v) is 8.87. The van der Waals surface area contributed by atoms with Crippen LogP contribution in [0.25, 0.3) is 0 Å². The van der Waals surface area contributed by atoms with Crippen LogP contribution >= 0.6 is 22.6 Å². The molecule has 104 valence electrons. The number of alkyl halides is 1. The van der Waals surface area contributed by atoms with E-state index in [1.807, 2.05) is 19.1 Å². The van der Waals surface area contributed by atoms with Gasteiger partial charge in [-0.3, -0.25) is 0 Å². The first-order valence-electron chi connectivity index (χ1n) is 5.91. The quantitative estimate of drug-likeness (QED) is 0.407. The van der Waals surface area contributed by atoms with Gasteiger partial charge >= 0.3 is 0 Å². The lowest BCUT2D eigenvalue weighted by Gasteiger charge is -2.19. The Labute approximate surface area is 129 Å². The maximum absolute atomic E-state index is 12.5. The van der Waals surface area contributed by atoms with Gasteiger partial charge in [0, 0.05) is 17.5 Å². The van der Waals surface area contributed by atoms with Gasteiger partial charge in [-0.25, -0.2) is 8.42 Å². The summed E-state index contributed by atoms with van der Waals surface area (Å²) in [6.07, 6.45) is 5.41. The summed E-state index contributed by atoms with van der Waals surface area (Å²) in [6, 6.07) is 6.89. The SMILES string of the molecule is C=CCN(C/C=C/CI)S(=O)(=O)c1ccc(C)cc1. The summed E-state index contributed by atoms with van der Waals surface area (Å²) in [5.41, 5.74) is 1.04. The second-order valence-corrected chi connectivity index (χ2v) is 6.87. The van der Waals surface area contributed by atoms with Crippen molar-refractivity contribution in [2.24, 2.45) is 0 Å². The van der Waals surface area contributed by atoms with E-state index < -0.39 is 10.0 Å². The van der Waals surface area contributed by atoms with Gasteiger partial charge in [0.15, 0.2) is 0 Å². The van der Waals surface area contributed by atoms with Crippen LogP contribution in [0.3, 0.4) is 0 Å². The van der Waals surface area contributed by atoms with Gasteiger partial charge in [0.1, 0.15) is 0 Å². The number of nitrogens with zero attached hydrogens (tertiary/aromatic N) is 1. The molecular weight excluding hydrogens is 373 g/mol. The van der Waals surface area contributed by atoms with Crippen LogP contribution in [0.5, 0.6) is 0 Å². The lowest BCUT2D eigenvalue weighted by Crippen LogP contribution is -2.31. The van der Waals surface area contributed by atoms with Gasteiger partial charge in [0.05, 0.1) is 4.90 Å². The number of halogens is 1. The summed E-state index contributed by atoms with van der Waals surface area (Å²) in [6.45, 7) is 6.22. The summed E-state index contributed by atoms with van der Waals surface area (Å²) < 4.78 is 27.2. The van der Waals surface area contributed by atoms with Crippen LogP contribution in [0.1, 0.15) is 5.56 Å². The molecule has 0 spiro atoms. The monoisotopic (exact) mass is 391 g/mol. The molecule has 1 rings (SSSR count). The number of benzene rings is 1. The zero-order valence-electron chi connectivity index (χ0n) is 10.9. The molecule has 0 atom stereocenters. The summed E-state index contributed by atoms with van der Waals surface area (Å²) in [5, 5.41) is 0. The second-order valence-electron chi connectivity index (χ2n) is 4.05. The minimum atomic E-state index is -3.45. The van der Waals surface area contributed by atoms with Crippen molar-refractivity contribution in [1.29, 1.82) is 0 Å². The summed E-state index contributed by atoms with van der Waals surface area (Å²) in [4.78, 5) is 0.322. The van der Waals surface area contributed by atoms with E-state index in [-0.39, 0.29) is 0 Å². The minimum absolute atomic E-state index is 0.307. The predicted octanol–water partition coefficient (Wildman–Crippen LogP) is 3.16. The topological polar surface area (TPSA) is 37.4 Å². The lowest BCUT2D eigenvalue weighted by atomic mass is 10.2. The third kappa shape index (κ3) is 4.74. The number of hydrogen-bond donors (Lipinski definition) is 0. The van der Waals surface area contributed by atoms with E-state index in [2.05, 4.69) is 29.2 Å². The largest absolute Gasteiger partial charge is 0.243 e. The van der Waals surface area contributed by atoms with Crippen molar-refractivity contribution in [2.45, 2.75) is 11.8 Å². The number of aryl methyl sites for hydroxylation is 1. The Kier molecular flexibility index (Phi) is 6.74. The third-order valence-electron chi connectivity index (χ3n) is 2.56. The minimum Gasteiger partial charge on any atom is -0.207 e. The molecule has 1 aromatic rings.